The zero-order valence-corrected chi connectivity index (χ0v) is 13.7. The number of nitrogens with two attached hydrogens (primary N) is 1. The van der Waals surface area contributed by atoms with Gasteiger partial charge in [-0.25, -0.2) is 0 Å². The monoisotopic (exact) mass is 295 g/mol. The van der Waals surface area contributed by atoms with E-state index in [2.05, 4.69) is 37.9 Å². The van der Waals surface area contributed by atoms with Crippen molar-refractivity contribution >= 4 is 22.2 Å². The summed E-state index contributed by atoms with van der Waals surface area (Å²) in [6.07, 6.45) is 1.08. The first kappa shape index (κ1) is 15.5. The van der Waals surface area contributed by atoms with Gasteiger partial charge < -0.3 is 11.1 Å². The Morgan fingerprint density at radius 2 is 2.10 bits per heavy atom. The summed E-state index contributed by atoms with van der Waals surface area (Å²) in [6, 6.07) is 0. The van der Waals surface area contributed by atoms with Crippen LogP contribution in [0.3, 0.4) is 0 Å². The number of likely N-dealkylation sites (tertiary alicyclic amines) is 1. The summed E-state index contributed by atoms with van der Waals surface area (Å²) in [7, 11) is 0. The number of anilines is 1. The van der Waals surface area contributed by atoms with Crippen LogP contribution in [0.1, 0.15) is 29.3 Å². The molecular formula is C15H25N3OS. The SMILES string of the molecule is Cc1sc(NC(=O)CN2CCC(C)(CN)C2)c(C)c1C. The van der Waals surface area contributed by atoms with Gasteiger partial charge in [-0.3, -0.25) is 9.69 Å². The third kappa shape index (κ3) is 3.22. The van der Waals surface area contributed by atoms with E-state index >= 15 is 0 Å². The fraction of sp³-hybridized carbons (Fsp3) is 0.667. The van der Waals surface area contributed by atoms with E-state index in [1.165, 1.54) is 16.0 Å². The molecule has 1 atom stereocenters. The van der Waals surface area contributed by atoms with Crippen molar-refractivity contribution in [3.8, 4) is 0 Å². The van der Waals surface area contributed by atoms with Crippen LogP contribution in [0.4, 0.5) is 5.00 Å². The van der Waals surface area contributed by atoms with Crippen molar-refractivity contribution in [2.75, 3.05) is 31.5 Å². The second-order valence-electron chi connectivity index (χ2n) is 6.26. The minimum Gasteiger partial charge on any atom is -0.330 e. The van der Waals surface area contributed by atoms with Crippen LogP contribution in [-0.2, 0) is 4.79 Å². The summed E-state index contributed by atoms with van der Waals surface area (Å²) in [4.78, 5) is 15.6. The van der Waals surface area contributed by atoms with Crippen molar-refractivity contribution in [3.05, 3.63) is 16.0 Å². The Balaban J connectivity index is 1.92. The number of nitrogens with one attached hydrogen (secondary N) is 1. The summed E-state index contributed by atoms with van der Waals surface area (Å²) in [5.74, 6) is 0.0793. The molecule has 2 rings (SSSR count). The van der Waals surface area contributed by atoms with E-state index in [0.29, 0.717) is 13.1 Å². The Bertz CT molecular complexity index is 511. The van der Waals surface area contributed by atoms with Crippen LogP contribution in [0.2, 0.25) is 0 Å². The number of aryl methyl sites for hydroxylation is 1. The van der Waals surface area contributed by atoms with Crippen molar-refractivity contribution in [3.63, 3.8) is 0 Å². The Morgan fingerprint density at radius 1 is 1.40 bits per heavy atom. The molecule has 20 heavy (non-hydrogen) atoms. The maximum absolute atomic E-state index is 12.2. The molecule has 1 unspecified atom stereocenters. The third-order valence-electron chi connectivity index (χ3n) is 4.44. The maximum atomic E-state index is 12.2. The first-order valence-corrected chi connectivity index (χ1v) is 7.95. The number of thiophene rings is 1. The Labute approximate surface area is 125 Å². The zero-order valence-electron chi connectivity index (χ0n) is 12.9. The zero-order chi connectivity index (χ0) is 14.9. The second-order valence-corrected chi connectivity index (χ2v) is 7.49. The molecule has 1 saturated heterocycles. The van der Waals surface area contributed by atoms with Gasteiger partial charge in [-0.15, -0.1) is 11.3 Å². The first-order chi connectivity index (χ1) is 9.34. The fourth-order valence-corrected chi connectivity index (χ4v) is 3.74. The molecule has 0 aliphatic carbocycles. The van der Waals surface area contributed by atoms with Crippen LogP contribution in [0.25, 0.3) is 0 Å². The van der Waals surface area contributed by atoms with Crippen molar-refractivity contribution < 1.29 is 4.79 Å². The van der Waals surface area contributed by atoms with Gasteiger partial charge in [0.05, 0.1) is 11.5 Å². The molecule has 1 aromatic heterocycles. The van der Waals surface area contributed by atoms with Crippen molar-refractivity contribution in [2.45, 2.75) is 34.1 Å². The smallest absolute Gasteiger partial charge is 0.239 e. The Hall–Kier alpha value is -0.910. The predicted molar refractivity (Wildman–Crippen MR) is 85.4 cm³/mol. The van der Waals surface area contributed by atoms with Gasteiger partial charge in [0.15, 0.2) is 0 Å². The molecule has 1 aromatic rings. The molecule has 2 heterocycles. The van der Waals surface area contributed by atoms with E-state index in [1.54, 1.807) is 11.3 Å². The standard InChI is InChI=1S/C15H25N3OS/c1-10-11(2)14(20-12(10)3)17-13(19)7-18-6-5-15(4,8-16)9-18/h5-9,16H2,1-4H3,(H,17,19). The van der Waals surface area contributed by atoms with Crippen molar-refractivity contribution in [1.29, 1.82) is 0 Å². The van der Waals surface area contributed by atoms with Gasteiger partial charge in [0, 0.05) is 11.4 Å². The molecule has 1 amide bonds. The molecule has 0 aromatic carbocycles. The van der Waals surface area contributed by atoms with Gasteiger partial charge in [0.25, 0.3) is 0 Å². The van der Waals surface area contributed by atoms with E-state index in [4.69, 9.17) is 5.73 Å². The molecule has 1 aliphatic rings. The number of carbonyl (C=O) groups is 1. The summed E-state index contributed by atoms with van der Waals surface area (Å²) >= 11 is 1.66. The highest BCUT2D eigenvalue weighted by Crippen LogP contribution is 2.32. The van der Waals surface area contributed by atoms with E-state index in [0.717, 1.165) is 24.5 Å². The highest BCUT2D eigenvalue weighted by Gasteiger charge is 2.33. The number of nitrogens with zero attached hydrogens (tertiary/aromatic N) is 1. The van der Waals surface area contributed by atoms with Gasteiger partial charge in [0.1, 0.15) is 0 Å². The van der Waals surface area contributed by atoms with Crippen LogP contribution in [0.15, 0.2) is 0 Å². The highest BCUT2D eigenvalue weighted by atomic mass is 32.1. The highest BCUT2D eigenvalue weighted by molar-refractivity contribution is 7.16. The molecule has 4 nitrogen and oxygen atoms in total. The van der Waals surface area contributed by atoms with Crippen LogP contribution in [0, 0.1) is 26.2 Å². The molecule has 0 spiro atoms. The first-order valence-electron chi connectivity index (χ1n) is 7.13. The van der Waals surface area contributed by atoms with E-state index in [-0.39, 0.29) is 11.3 Å². The summed E-state index contributed by atoms with van der Waals surface area (Å²) < 4.78 is 0. The van der Waals surface area contributed by atoms with Crippen LogP contribution >= 0.6 is 11.3 Å². The minimum absolute atomic E-state index is 0.0793. The van der Waals surface area contributed by atoms with E-state index in [1.807, 2.05) is 0 Å². The maximum Gasteiger partial charge on any atom is 0.239 e. The molecule has 1 aliphatic heterocycles. The van der Waals surface area contributed by atoms with Crippen molar-refractivity contribution in [1.82, 2.24) is 4.90 Å². The van der Waals surface area contributed by atoms with Crippen LogP contribution in [-0.4, -0.2) is 37.0 Å². The number of rotatable bonds is 4. The number of hydrogen-bond acceptors (Lipinski definition) is 4. The average Bonchev–Trinajstić information content (AvgIpc) is 2.87. The molecule has 1 fully saturated rings. The van der Waals surface area contributed by atoms with Gasteiger partial charge in [0.2, 0.25) is 5.91 Å². The fourth-order valence-electron chi connectivity index (χ4n) is 2.66. The minimum atomic E-state index is 0.0793. The lowest BCUT2D eigenvalue weighted by Crippen LogP contribution is -2.35. The summed E-state index contributed by atoms with van der Waals surface area (Å²) in [5.41, 5.74) is 8.44. The molecular weight excluding hydrogens is 270 g/mol. The second kappa shape index (κ2) is 5.84. The Kier molecular flexibility index (Phi) is 4.52. The molecule has 3 N–H and O–H groups in total. The van der Waals surface area contributed by atoms with Gasteiger partial charge in [-0.1, -0.05) is 6.92 Å². The molecule has 112 valence electrons. The lowest BCUT2D eigenvalue weighted by molar-refractivity contribution is -0.117. The van der Waals surface area contributed by atoms with E-state index < -0.39 is 0 Å². The van der Waals surface area contributed by atoms with Crippen LogP contribution < -0.4 is 11.1 Å². The van der Waals surface area contributed by atoms with Gasteiger partial charge in [-0.05, 0) is 56.8 Å². The Morgan fingerprint density at radius 3 is 2.60 bits per heavy atom. The molecule has 0 bridgehead atoms. The molecule has 0 saturated carbocycles. The summed E-state index contributed by atoms with van der Waals surface area (Å²) in [5, 5.41) is 4.04. The average molecular weight is 295 g/mol. The summed E-state index contributed by atoms with van der Waals surface area (Å²) in [6.45, 7) is 11.5. The van der Waals surface area contributed by atoms with Gasteiger partial charge in [-0.2, -0.15) is 0 Å². The predicted octanol–water partition coefficient (Wildman–Crippen LogP) is 2.28. The largest absolute Gasteiger partial charge is 0.330 e. The number of hydrogen-bond donors (Lipinski definition) is 2. The third-order valence-corrected chi connectivity index (χ3v) is 5.66. The van der Waals surface area contributed by atoms with Gasteiger partial charge >= 0.3 is 0 Å². The quantitative estimate of drug-likeness (QED) is 0.896. The normalized spacial score (nSPS) is 23.2. The number of carbonyl (C=O) groups excluding carboxylic acids is 1. The molecule has 0 radical (unpaired) electrons. The van der Waals surface area contributed by atoms with Crippen LogP contribution in [0.5, 0.6) is 0 Å². The lowest BCUT2D eigenvalue weighted by atomic mass is 9.90. The number of amides is 1. The molecule has 5 heteroatoms. The lowest BCUT2D eigenvalue weighted by Gasteiger charge is -2.22. The van der Waals surface area contributed by atoms with E-state index in [9.17, 15) is 4.79 Å². The van der Waals surface area contributed by atoms with Crippen molar-refractivity contribution in [2.24, 2.45) is 11.1 Å². The topological polar surface area (TPSA) is 58.4 Å².